The molecule has 4 aromatic carbocycles. The molecule has 0 saturated heterocycles. The molecular weight excluding hydrogens is 776 g/mol. The monoisotopic (exact) mass is 798 g/mol. The van der Waals surface area contributed by atoms with Gasteiger partial charge in [-0.2, -0.15) is 33.2 Å². The zero-order valence-corrected chi connectivity index (χ0v) is 32.2. The van der Waals surface area contributed by atoms with Gasteiger partial charge in [0.05, 0.1) is 68.5 Å². The van der Waals surface area contributed by atoms with Crippen molar-refractivity contribution < 1.29 is 0 Å². The van der Waals surface area contributed by atoms with Crippen molar-refractivity contribution >= 4 is 89.7 Å². The molecule has 2 atom stereocenters. The molecule has 56 heavy (non-hydrogen) atoms. The van der Waals surface area contributed by atoms with E-state index in [2.05, 4.69) is 67.1 Å². The Labute approximate surface area is 337 Å². The Balaban J connectivity index is 0.971. The predicted octanol–water partition coefficient (Wildman–Crippen LogP) is 12.1. The lowest BCUT2D eigenvalue weighted by molar-refractivity contribution is 0.760. The number of benzene rings is 4. The fraction of sp³-hybridized carbons (Fsp3) is 0.0455. The summed E-state index contributed by atoms with van der Waals surface area (Å²) in [6.45, 7) is 0. The first-order valence-electron chi connectivity index (χ1n) is 17.4. The van der Waals surface area contributed by atoms with Crippen LogP contribution in [0.5, 0.6) is 0 Å². The lowest BCUT2D eigenvalue weighted by atomic mass is 9.83. The molecule has 0 aliphatic rings. The van der Waals surface area contributed by atoms with Gasteiger partial charge < -0.3 is 0 Å². The van der Waals surface area contributed by atoms with Gasteiger partial charge in [0.2, 0.25) is 0 Å². The molecule has 10 aromatic rings. The van der Waals surface area contributed by atoms with Gasteiger partial charge in [0.25, 0.3) is 0 Å². The number of nitrogens with zero attached hydrogens (tertiary/aromatic N) is 8. The third kappa shape index (κ3) is 5.62. The molecule has 0 fully saturated rings. The Morgan fingerprint density at radius 2 is 0.964 bits per heavy atom. The molecule has 266 valence electrons. The SMILES string of the molecule is N#CC(c1ccc(-n2cnc3cnc4cc(Cl)c(-c5ccsc5)cc4c32)cc1)C(C#N)c1ccc(-n2cnc3cnc4cc(Cl)c(-c5ccsc5)cc4c32)cc1. The molecule has 6 aromatic heterocycles. The van der Waals surface area contributed by atoms with Gasteiger partial charge in [-0.15, -0.1) is 0 Å². The largest absolute Gasteiger partial charge is 0.298 e. The van der Waals surface area contributed by atoms with Crippen LogP contribution in [-0.4, -0.2) is 29.1 Å². The molecule has 2 unspecified atom stereocenters. The fourth-order valence-corrected chi connectivity index (χ4v) is 9.31. The van der Waals surface area contributed by atoms with E-state index in [0.717, 1.165) is 88.6 Å². The summed E-state index contributed by atoms with van der Waals surface area (Å²) in [6.07, 6.45) is 7.07. The number of imidazole rings is 2. The molecule has 8 nitrogen and oxygen atoms in total. The number of pyridine rings is 2. The van der Waals surface area contributed by atoms with E-state index in [9.17, 15) is 10.5 Å². The normalized spacial score (nSPS) is 12.6. The molecule has 0 aliphatic carbocycles. The van der Waals surface area contributed by atoms with Gasteiger partial charge in [0.15, 0.2) is 0 Å². The van der Waals surface area contributed by atoms with Crippen LogP contribution in [0.25, 0.3) is 77.5 Å². The van der Waals surface area contributed by atoms with E-state index in [0.29, 0.717) is 10.0 Å². The number of fused-ring (bicyclic) bond motifs is 6. The summed E-state index contributed by atoms with van der Waals surface area (Å²) in [7, 11) is 0. The summed E-state index contributed by atoms with van der Waals surface area (Å²) in [4.78, 5) is 18.6. The van der Waals surface area contributed by atoms with Gasteiger partial charge in [0.1, 0.15) is 23.7 Å². The minimum Gasteiger partial charge on any atom is -0.298 e. The molecule has 0 amide bonds. The Hall–Kier alpha value is -6.40. The van der Waals surface area contributed by atoms with Crippen LogP contribution in [0, 0.1) is 22.7 Å². The summed E-state index contributed by atoms with van der Waals surface area (Å²) in [6, 6.07) is 32.4. The zero-order valence-electron chi connectivity index (χ0n) is 29.0. The standard InChI is InChI=1S/C44H24Cl2N8S2/c45-37-15-39-33(13-31(37)27-9-11-55-21-27)43-41(19-49-39)51-23-53(43)29-5-1-25(2-6-29)35(17-47)36(18-48)26-3-7-30(8-4-26)54-24-52-42-20-50-40-16-38(46)32(14-34(40)44(42)54)28-10-12-56-22-28/h1-16,19-24,35-36H. The summed E-state index contributed by atoms with van der Waals surface area (Å²) in [5, 5.41) is 32.3. The van der Waals surface area contributed by atoms with Gasteiger partial charge in [-0.3, -0.25) is 19.1 Å². The highest BCUT2D eigenvalue weighted by atomic mass is 35.5. The number of aromatic nitrogens is 6. The Morgan fingerprint density at radius 1 is 0.536 bits per heavy atom. The van der Waals surface area contributed by atoms with Crippen LogP contribution in [0.15, 0.2) is 131 Å². The average Bonchev–Trinajstić information content (AvgIpc) is 4.07. The number of hydrogen-bond donors (Lipinski definition) is 0. The Morgan fingerprint density at radius 3 is 1.34 bits per heavy atom. The molecule has 6 heterocycles. The van der Waals surface area contributed by atoms with Gasteiger partial charge >= 0.3 is 0 Å². The lowest BCUT2D eigenvalue weighted by Gasteiger charge is -2.18. The summed E-state index contributed by atoms with van der Waals surface area (Å²) >= 11 is 16.6. The number of hydrogen-bond acceptors (Lipinski definition) is 8. The Kier molecular flexibility index (Phi) is 8.36. The highest BCUT2D eigenvalue weighted by molar-refractivity contribution is 7.08. The van der Waals surface area contributed by atoms with Crippen molar-refractivity contribution in [2.75, 3.05) is 0 Å². The van der Waals surface area contributed by atoms with Crippen molar-refractivity contribution in [3.05, 3.63) is 153 Å². The second kappa shape index (κ2) is 13.7. The summed E-state index contributed by atoms with van der Waals surface area (Å²) in [5.74, 6) is -1.41. The number of rotatable bonds is 7. The lowest BCUT2D eigenvalue weighted by Crippen LogP contribution is -2.09. The second-order valence-electron chi connectivity index (χ2n) is 13.3. The minimum absolute atomic E-state index is 0.637. The van der Waals surface area contributed by atoms with Crippen LogP contribution in [0.2, 0.25) is 10.0 Å². The van der Waals surface area contributed by atoms with Crippen molar-refractivity contribution in [2.45, 2.75) is 11.8 Å². The molecule has 0 N–H and O–H groups in total. The van der Waals surface area contributed by atoms with E-state index in [1.807, 2.05) is 80.6 Å². The van der Waals surface area contributed by atoms with Crippen molar-refractivity contribution in [3.63, 3.8) is 0 Å². The molecule has 12 heteroatoms. The van der Waals surface area contributed by atoms with Gasteiger partial charge in [-0.1, -0.05) is 47.5 Å². The fourth-order valence-electron chi connectivity index (χ4n) is 7.47. The van der Waals surface area contributed by atoms with Gasteiger partial charge in [-0.25, -0.2) is 9.97 Å². The maximum Gasteiger partial charge on any atom is 0.108 e. The van der Waals surface area contributed by atoms with Crippen LogP contribution < -0.4 is 0 Å². The third-order valence-corrected chi connectivity index (χ3v) is 12.3. The summed E-state index contributed by atoms with van der Waals surface area (Å²) in [5.41, 5.74) is 12.1. The molecular formula is C44H24Cl2N8S2. The van der Waals surface area contributed by atoms with E-state index in [1.54, 1.807) is 47.7 Å². The smallest absolute Gasteiger partial charge is 0.108 e. The zero-order chi connectivity index (χ0) is 37.9. The molecule has 0 spiro atoms. The molecule has 0 radical (unpaired) electrons. The van der Waals surface area contributed by atoms with Crippen molar-refractivity contribution in [1.82, 2.24) is 29.1 Å². The van der Waals surface area contributed by atoms with Crippen molar-refractivity contribution in [2.24, 2.45) is 0 Å². The maximum absolute atomic E-state index is 10.5. The summed E-state index contributed by atoms with van der Waals surface area (Å²) < 4.78 is 4.04. The van der Waals surface area contributed by atoms with Gasteiger partial charge in [0, 0.05) is 33.3 Å². The maximum atomic E-state index is 10.5. The quantitative estimate of drug-likeness (QED) is 0.159. The Bertz CT molecular complexity index is 2970. The molecule has 0 saturated carbocycles. The van der Waals surface area contributed by atoms with E-state index in [-0.39, 0.29) is 0 Å². The van der Waals surface area contributed by atoms with Crippen LogP contribution in [0.4, 0.5) is 0 Å². The number of halogens is 2. The third-order valence-electron chi connectivity index (χ3n) is 10.3. The molecule has 10 rings (SSSR count). The van der Waals surface area contributed by atoms with E-state index in [1.165, 1.54) is 0 Å². The van der Waals surface area contributed by atoms with Crippen LogP contribution in [0.1, 0.15) is 23.0 Å². The first-order chi connectivity index (χ1) is 27.5. The van der Waals surface area contributed by atoms with Crippen molar-refractivity contribution in [3.8, 4) is 45.8 Å². The van der Waals surface area contributed by atoms with E-state index < -0.39 is 11.8 Å². The predicted molar refractivity (Wildman–Crippen MR) is 226 cm³/mol. The second-order valence-corrected chi connectivity index (χ2v) is 15.7. The average molecular weight is 800 g/mol. The first-order valence-corrected chi connectivity index (χ1v) is 20.1. The highest BCUT2D eigenvalue weighted by Gasteiger charge is 2.26. The highest BCUT2D eigenvalue weighted by Crippen LogP contribution is 2.39. The topological polar surface area (TPSA) is 109 Å². The van der Waals surface area contributed by atoms with Crippen molar-refractivity contribution in [1.29, 1.82) is 10.5 Å². The first kappa shape index (κ1) is 34.1. The van der Waals surface area contributed by atoms with Gasteiger partial charge in [-0.05, 0) is 104 Å². The number of nitriles is 2. The van der Waals surface area contributed by atoms with E-state index >= 15 is 0 Å². The van der Waals surface area contributed by atoms with Crippen LogP contribution in [0.3, 0.4) is 0 Å². The van der Waals surface area contributed by atoms with E-state index in [4.69, 9.17) is 23.2 Å². The number of thiophene rings is 2. The van der Waals surface area contributed by atoms with Crippen LogP contribution >= 0.6 is 45.9 Å². The molecule has 0 aliphatic heterocycles. The minimum atomic E-state index is -0.704. The molecule has 0 bridgehead atoms. The van der Waals surface area contributed by atoms with Crippen LogP contribution in [-0.2, 0) is 0 Å².